The largest absolute Gasteiger partial charge is 0.383 e. The molecule has 7 heteroatoms. The maximum Gasteiger partial charge on any atom is 0.243 e. The number of rotatable bonds is 9. The molecule has 6 nitrogen and oxygen atoms in total. The number of hydrogen-bond donors (Lipinski definition) is 2. The number of ether oxygens (including phenoxy) is 1. The van der Waals surface area contributed by atoms with Gasteiger partial charge >= 0.3 is 0 Å². The first-order valence-corrected chi connectivity index (χ1v) is 9.43. The lowest BCUT2D eigenvalue weighted by molar-refractivity contribution is -0.144. The molecule has 1 heterocycles. The fourth-order valence-electron chi connectivity index (χ4n) is 3.14. The van der Waals surface area contributed by atoms with Gasteiger partial charge in [0.1, 0.15) is 6.04 Å². The zero-order valence-corrected chi connectivity index (χ0v) is 17.3. The van der Waals surface area contributed by atoms with Gasteiger partial charge in [0.05, 0.1) is 6.61 Å². The number of amides is 2. The van der Waals surface area contributed by atoms with Gasteiger partial charge in [0, 0.05) is 45.6 Å². The predicted octanol–water partition coefficient (Wildman–Crippen LogP) is 1.76. The third-order valence-electron chi connectivity index (χ3n) is 4.95. The van der Waals surface area contributed by atoms with E-state index in [0.29, 0.717) is 32.7 Å². The number of methoxy groups -OCH3 is 1. The minimum absolute atomic E-state index is 0. The number of halogens is 1. The van der Waals surface area contributed by atoms with Gasteiger partial charge in [0.15, 0.2) is 0 Å². The fourth-order valence-corrected chi connectivity index (χ4v) is 3.14. The van der Waals surface area contributed by atoms with Crippen LogP contribution in [0.4, 0.5) is 0 Å². The molecular weight excluding hydrogens is 366 g/mol. The normalized spacial score (nSPS) is 16.9. The average Bonchev–Trinajstić information content (AvgIpc) is 2.68. The molecule has 1 aliphatic rings. The monoisotopic (exact) mass is 397 g/mol. The molecule has 0 spiro atoms. The van der Waals surface area contributed by atoms with Crippen LogP contribution in [0.15, 0.2) is 24.3 Å². The van der Waals surface area contributed by atoms with Crippen molar-refractivity contribution in [2.75, 3.05) is 33.4 Å². The van der Waals surface area contributed by atoms with Crippen molar-refractivity contribution in [3.8, 4) is 0 Å². The number of fused-ring (bicyclic) bond motifs is 1. The summed E-state index contributed by atoms with van der Waals surface area (Å²) in [4.78, 5) is 27.3. The van der Waals surface area contributed by atoms with Crippen molar-refractivity contribution in [1.29, 1.82) is 0 Å². The highest BCUT2D eigenvalue weighted by molar-refractivity contribution is 5.89. The van der Waals surface area contributed by atoms with Crippen LogP contribution in [-0.2, 0) is 27.3 Å². The summed E-state index contributed by atoms with van der Waals surface area (Å²) in [6.07, 6.45) is 1.34. The summed E-state index contributed by atoms with van der Waals surface area (Å²) in [6, 6.07) is 7.62. The number of carbonyl (C=O) groups is 2. The summed E-state index contributed by atoms with van der Waals surface area (Å²) < 4.78 is 4.98. The number of nitrogens with zero attached hydrogens (tertiary/aromatic N) is 1. The molecule has 0 bridgehead atoms. The molecule has 0 saturated carbocycles. The Morgan fingerprint density at radius 1 is 1.22 bits per heavy atom. The van der Waals surface area contributed by atoms with Crippen molar-refractivity contribution >= 4 is 24.2 Å². The van der Waals surface area contributed by atoms with Crippen molar-refractivity contribution < 1.29 is 14.3 Å². The zero-order chi connectivity index (χ0) is 18.9. The topological polar surface area (TPSA) is 70.7 Å². The van der Waals surface area contributed by atoms with Crippen LogP contribution < -0.4 is 10.6 Å². The van der Waals surface area contributed by atoms with Gasteiger partial charge in [-0.15, -0.1) is 12.4 Å². The maximum absolute atomic E-state index is 12.8. The lowest BCUT2D eigenvalue weighted by atomic mass is 9.92. The van der Waals surface area contributed by atoms with Gasteiger partial charge in [-0.3, -0.25) is 9.59 Å². The van der Waals surface area contributed by atoms with E-state index in [2.05, 4.69) is 10.6 Å². The summed E-state index contributed by atoms with van der Waals surface area (Å²) in [5.74, 6) is -0.101. The van der Waals surface area contributed by atoms with E-state index in [9.17, 15) is 9.59 Å². The molecule has 27 heavy (non-hydrogen) atoms. The Morgan fingerprint density at radius 2 is 1.93 bits per heavy atom. The lowest BCUT2D eigenvalue weighted by Crippen LogP contribution is -2.54. The van der Waals surface area contributed by atoms with Crippen LogP contribution in [0.3, 0.4) is 0 Å². The minimum Gasteiger partial charge on any atom is -0.383 e. The highest BCUT2D eigenvalue weighted by atomic mass is 35.5. The van der Waals surface area contributed by atoms with Crippen molar-refractivity contribution in [3.63, 3.8) is 0 Å². The Kier molecular flexibility index (Phi) is 10.4. The Morgan fingerprint density at radius 3 is 2.59 bits per heavy atom. The molecule has 2 unspecified atom stereocenters. The molecule has 1 aromatic rings. The van der Waals surface area contributed by atoms with E-state index in [4.69, 9.17) is 4.74 Å². The van der Waals surface area contributed by atoms with E-state index in [-0.39, 0.29) is 30.1 Å². The zero-order valence-electron chi connectivity index (χ0n) is 16.5. The van der Waals surface area contributed by atoms with Crippen molar-refractivity contribution in [2.45, 2.75) is 39.3 Å². The van der Waals surface area contributed by atoms with Crippen molar-refractivity contribution in [2.24, 2.45) is 5.92 Å². The van der Waals surface area contributed by atoms with Crippen LogP contribution >= 0.6 is 12.4 Å². The van der Waals surface area contributed by atoms with Gasteiger partial charge < -0.3 is 20.3 Å². The Labute approximate surface area is 168 Å². The number of hydrogen-bond acceptors (Lipinski definition) is 4. The second kappa shape index (κ2) is 12.0. The Balaban J connectivity index is 0.00000364. The smallest absolute Gasteiger partial charge is 0.243 e. The Bertz CT molecular complexity index is 612. The molecule has 2 N–H and O–H groups in total. The number of nitrogens with one attached hydrogen (secondary N) is 2. The van der Waals surface area contributed by atoms with Gasteiger partial charge in [0.2, 0.25) is 11.8 Å². The molecule has 2 rings (SSSR count). The third-order valence-corrected chi connectivity index (χ3v) is 4.95. The minimum atomic E-state index is -0.439. The molecule has 0 radical (unpaired) electrons. The standard InChI is InChI=1S/C20H31N3O3.ClH/c1-4-15(2)20(25)23-14-17-8-6-5-7-16(17)13-18(23)19(24)22-10-9-21-11-12-26-3;/h5-8,15,18,21H,4,9-14H2,1-3H3,(H,22,24);1H. The first kappa shape index (κ1) is 23.4. The van der Waals surface area contributed by atoms with Crippen LogP contribution in [0, 0.1) is 5.92 Å². The van der Waals surface area contributed by atoms with E-state index in [1.165, 1.54) is 0 Å². The van der Waals surface area contributed by atoms with Gasteiger partial charge in [-0.1, -0.05) is 38.1 Å². The van der Waals surface area contributed by atoms with E-state index in [0.717, 1.165) is 24.1 Å². The van der Waals surface area contributed by atoms with Gasteiger partial charge in [-0.05, 0) is 17.5 Å². The first-order chi connectivity index (χ1) is 12.6. The molecule has 0 fully saturated rings. The summed E-state index contributed by atoms with van der Waals surface area (Å²) in [6.45, 7) is 7.04. The highest BCUT2D eigenvalue weighted by Crippen LogP contribution is 2.25. The molecule has 1 aliphatic heterocycles. The van der Waals surface area contributed by atoms with Gasteiger partial charge in [0.25, 0.3) is 0 Å². The first-order valence-electron chi connectivity index (χ1n) is 9.43. The second-order valence-corrected chi connectivity index (χ2v) is 6.80. The molecule has 0 aromatic heterocycles. The van der Waals surface area contributed by atoms with E-state index in [1.54, 1.807) is 12.0 Å². The van der Waals surface area contributed by atoms with Crippen LogP contribution in [0.1, 0.15) is 31.4 Å². The van der Waals surface area contributed by atoms with Crippen LogP contribution in [0.25, 0.3) is 0 Å². The highest BCUT2D eigenvalue weighted by Gasteiger charge is 2.35. The quantitative estimate of drug-likeness (QED) is 0.623. The third kappa shape index (κ3) is 6.48. The van der Waals surface area contributed by atoms with E-state index < -0.39 is 6.04 Å². The summed E-state index contributed by atoms with van der Waals surface area (Å²) in [5, 5.41) is 6.17. The molecule has 2 atom stereocenters. The van der Waals surface area contributed by atoms with Gasteiger partial charge in [-0.2, -0.15) is 0 Å². The molecule has 152 valence electrons. The maximum atomic E-state index is 12.8. The molecular formula is C20H32ClN3O3. The van der Waals surface area contributed by atoms with Crippen molar-refractivity contribution in [1.82, 2.24) is 15.5 Å². The molecule has 2 amide bonds. The van der Waals surface area contributed by atoms with Gasteiger partial charge in [-0.25, -0.2) is 0 Å². The van der Waals surface area contributed by atoms with Crippen molar-refractivity contribution in [3.05, 3.63) is 35.4 Å². The predicted molar refractivity (Wildman–Crippen MR) is 109 cm³/mol. The number of benzene rings is 1. The molecule has 0 aliphatic carbocycles. The van der Waals surface area contributed by atoms with Crippen LogP contribution in [-0.4, -0.2) is 56.1 Å². The van der Waals surface area contributed by atoms with Crippen LogP contribution in [0.2, 0.25) is 0 Å². The summed E-state index contributed by atoms with van der Waals surface area (Å²) in [7, 11) is 1.66. The van der Waals surface area contributed by atoms with Crippen LogP contribution in [0.5, 0.6) is 0 Å². The fraction of sp³-hybridized carbons (Fsp3) is 0.600. The molecule has 0 saturated heterocycles. The summed E-state index contributed by atoms with van der Waals surface area (Å²) in [5.41, 5.74) is 2.29. The van der Waals surface area contributed by atoms with E-state index >= 15 is 0 Å². The van der Waals surface area contributed by atoms with E-state index in [1.807, 2.05) is 38.1 Å². The summed E-state index contributed by atoms with van der Waals surface area (Å²) >= 11 is 0. The average molecular weight is 398 g/mol. The Hall–Kier alpha value is -1.63. The molecule has 1 aromatic carbocycles. The second-order valence-electron chi connectivity index (χ2n) is 6.80. The lowest BCUT2D eigenvalue weighted by Gasteiger charge is -2.37. The SMILES string of the molecule is CCC(C)C(=O)N1Cc2ccccc2CC1C(=O)NCCNCCOC.Cl. The number of carbonyl (C=O) groups excluding carboxylic acids is 2.